The van der Waals surface area contributed by atoms with Crippen molar-refractivity contribution in [2.75, 3.05) is 18.0 Å². The minimum atomic E-state index is -0.268. The van der Waals surface area contributed by atoms with Crippen molar-refractivity contribution in [1.29, 1.82) is 0 Å². The molecular formula is C19H15BrN2O3. The molecule has 3 amide bonds. The summed E-state index contributed by atoms with van der Waals surface area (Å²) < 4.78 is 0.950. The molecule has 126 valence electrons. The average molecular weight is 399 g/mol. The summed E-state index contributed by atoms with van der Waals surface area (Å²) in [5, 5.41) is 0. The van der Waals surface area contributed by atoms with E-state index in [4.69, 9.17) is 0 Å². The summed E-state index contributed by atoms with van der Waals surface area (Å²) in [5.41, 5.74) is 1.72. The number of carbonyl (C=O) groups excluding carboxylic acids is 3. The lowest BCUT2D eigenvalue weighted by Gasteiger charge is -2.20. The molecule has 0 bridgehead atoms. The predicted molar refractivity (Wildman–Crippen MR) is 96.4 cm³/mol. The van der Waals surface area contributed by atoms with Gasteiger partial charge in [0.2, 0.25) is 5.91 Å². The van der Waals surface area contributed by atoms with Gasteiger partial charge < -0.3 is 4.90 Å². The lowest BCUT2D eigenvalue weighted by molar-refractivity contribution is -0.117. The van der Waals surface area contributed by atoms with Gasteiger partial charge in [0.25, 0.3) is 11.8 Å². The molecule has 5 nitrogen and oxygen atoms in total. The van der Waals surface area contributed by atoms with Crippen molar-refractivity contribution in [2.45, 2.75) is 6.42 Å². The molecule has 1 fully saturated rings. The first-order valence-electron chi connectivity index (χ1n) is 8.06. The van der Waals surface area contributed by atoms with Gasteiger partial charge in [0.05, 0.1) is 11.1 Å². The van der Waals surface area contributed by atoms with Crippen molar-refractivity contribution in [3.63, 3.8) is 0 Å². The second kappa shape index (κ2) is 6.11. The normalized spacial score (nSPS) is 19.7. The molecule has 0 radical (unpaired) electrons. The van der Waals surface area contributed by atoms with Crippen molar-refractivity contribution in [3.8, 4) is 0 Å². The third-order valence-corrected chi connectivity index (χ3v) is 5.19. The standard InChI is InChI=1S/C19H15BrN2O3/c20-13-5-7-14(8-6-13)21-10-12(9-17(21)23)11-22-18(24)15-3-1-2-4-16(15)19(22)25/h1-8,12H,9-11H2. The quantitative estimate of drug-likeness (QED) is 0.746. The zero-order valence-electron chi connectivity index (χ0n) is 13.3. The zero-order chi connectivity index (χ0) is 17.6. The second-order valence-corrected chi connectivity index (χ2v) is 7.23. The highest BCUT2D eigenvalue weighted by molar-refractivity contribution is 9.10. The van der Waals surface area contributed by atoms with Crippen LogP contribution < -0.4 is 4.90 Å². The highest BCUT2D eigenvalue weighted by atomic mass is 79.9. The number of rotatable bonds is 3. The van der Waals surface area contributed by atoms with E-state index >= 15 is 0 Å². The molecule has 25 heavy (non-hydrogen) atoms. The fourth-order valence-corrected chi connectivity index (χ4v) is 3.70. The predicted octanol–water partition coefficient (Wildman–Crippen LogP) is 3.10. The fraction of sp³-hybridized carbons (Fsp3) is 0.211. The van der Waals surface area contributed by atoms with Gasteiger partial charge in [-0.2, -0.15) is 0 Å². The highest BCUT2D eigenvalue weighted by Crippen LogP contribution is 2.29. The number of halogens is 1. The Labute approximate surface area is 153 Å². The summed E-state index contributed by atoms with van der Waals surface area (Å²) in [7, 11) is 0. The van der Waals surface area contributed by atoms with Crippen LogP contribution in [0.4, 0.5) is 5.69 Å². The number of fused-ring (bicyclic) bond motifs is 1. The van der Waals surface area contributed by atoms with Crippen molar-refractivity contribution < 1.29 is 14.4 Å². The van der Waals surface area contributed by atoms with E-state index in [9.17, 15) is 14.4 Å². The first kappa shape index (κ1) is 16.0. The third-order valence-electron chi connectivity index (χ3n) is 4.66. The summed E-state index contributed by atoms with van der Waals surface area (Å²) in [6.45, 7) is 0.777. The summed E-state index contributed by atoms with van der Waals surface area (Å²) in [6, 6.07) is 14.4. The molecule has 1 saturated heterocycles. The zero-order valence-corrected chi connectivity index (χ0v) is 14.9. The van der Waals surface area contributed by atoms with Gasteiger partial charge in [-0.25, -0.2) is 0 Å². The SMILES string of the molecule is O=C1c2ccccc2C(=O)N1CC1CC(=O)N(c2ccc(Br)cc2)C1. The molecule has 0 saturated carbocycles. The maximum atomic E-state index is 12.5. The Balaban J connectivity index is 1.50. The molecule has 0 N–H and O–H groups in total. The van der Waals surface area contributed by atoms with Crippen molar-refractivity contribution in [1.82, 2.24) is 4.90 Å². The van der Waals surface area contributed by atoms with E-state index < -0.39 is 0 Å². The molecule has 4 rings (SSSR count). The molecule has 2 aliphatic heterocycles. The number of hydrogen-bond donors (Lipinski definition) is 0. The van der Waals surface area contributed by atoms with Crippen LogP contribution in [0.1, 0.15) is 27.1 Å². The van der Waals surface area contributed by atoms with E-state index in [0.29, 0.717) is 24.1 Å². The van der Waals surface area contributed by atoms with Gasteiger partial charge in [-0.3, -0.25) is 19.3 Å². The molecule has 0 aromatic heterocycles. The van der Waals surface area contributed by atoms with Crippen LogP contribution in [0, 0.1) is 5.92 Å². The van der Waals surface area contributed by atoms with Crippen LogP contribution in [0.25, 0.3) is 0 Å². The third kappa shape index (κ3) is 2.76. The Bertz CT molecular complexity index is 843. The van der Waals surface area contributed by atoms with E-state index in [1.54, 1.807) is 29.2 Å². The number of imide groups is 1. The van der Waals surface area contributed by atoms with Crippen molar-refractivity contribution in [3.05, 3.63) is 64.1 Å². The first-order chi connectivity index (χ1) is 12.0. The van der Waals surface area contributed by atoms with Crippen molar-refractivity contribution in [2.24, 2.45) is 5.92 Å². The summed E-state index contributed by atoms with van der Waals surface area (Å²) >= 11 is 3.38. The minimum absolute atomic E-state index is 0.0175. The van der Waals surface area contributed by atoms with Crippen LogP contribution in [-0.2, 0) is 4.79 Å². The van der Waals surface area contributed by atoms with E-state index in [-0.39, 0.29) is 30.2 Å². The minimum Gasteiger partial charge on any atom is -0.312 e. The van der Waals surface area contributed by atoms with Crippen LogP contribution >= 0.6 is 15.9 Å². The Hall–Kier alpha value is -2.47. The van der Waals surface area contributed by atoms with E-state index in [1.807, 2.05) is 24.3 Å². The second-order valence-electron chi connectivity index (χ2n) is 6.32. The van der Waals surface area contributed by atoms with E-state index in [0.717, 1.165) is 10.2 Å². The molecule has 1 unspecified atom stereocenters. The molecular weight excluding hydrogens is 384 g/mol. The largest absolute Gasteiger partial charge is 0.312 e. The smallest absolute Gasteiger partial charge is 0.261 e. The van der Waals surface area contributed by atoms with E-state index in [2.05, 4.69) is 15.9 Å². The summed E-state index contributed by atoms with van der Waals surface area (Å²) in [5.74, 6) is -0.576. The topological polar surface area (TPSA) is 57.7 Å². The monoisotopic (exact) mass is 398 g/mol. The average Bonchev–Trinajstić information content (AvgIpc) is 3.09. The number of benzene rings is 2. The van der Waals surface area contributed by atoms with Crippen LogP contribution in [0.2, 0.25) is 0 Å². The Morgan fingerprint density at radius 3 is 2.12 bits per heavy atom. The van der Waals surface area contributed by atoms with Gasteiger partial charge >= 0.3 is 0 Å². The fourth-order valence-electron chi connectivity index (χ4n) is 3.44. The molecule has 1 atom stereocenters. The Morgan fingerprint density at radius 2 is 1.52 bits per heavy atom. The summed E-state index contributed by atoms with van der Waals surface area (Å²) in [4.78, 5) is 40.3. The van der Waals surface area contributed by atoms with Gasteiger partial charge in [0, 0.05) is 35.6 Å². The Kier molecular flexibility index (Phi) is 3.92. The lowest BCUT2D eigenvalue weighted by Crippen LogP contribution is -2.35. The molecule has 0 spiro atoms. The number of anilines is 1. The highest BCUT2D eigenvalue weighted by Gasteiger charge is 2.39. The van der Waals surface area contributed by atoms with Crippen LogP contribution in [0.3, 0.4) is 0 Å². The lowest BCUT2D eigenvalue weighted by atomic mass is 10.1. The van der Waals surface area contributed by atoms with Crippen LogP contribution in [0.5, 0.6) is 0 Å². The molecule has 2 aromatic rings. The van der Waals surface area contributed by atoms with E-state index in [1.165, 1.54) is 4.90 Å². The van der Waals surface area contributed by atoms with Crippen LogP contribution in [-0.4, -0.2) is 35.7 Å². The number of amides is 3. The molecule has 2 aromatic carbocycles. The van der Waals surface area contributed by atoms with Gasteiger partial charge in [-0.05, 0) is 36.4 Å². The van der Waals surface area contributed by atoms with Gasteiger partial charge in [0.15, 0.2) is 0 Å². The van der Waals surface area contributed by atoms with Gasteiger partial charge in [0.1, 0.15) is 0 Å². The molecule has 2 heterocycles. The van der Waals surface area contributed by atoms with Gasteiger partial charge in [-0.15, -0.1) is 0 Å². The number of hydrogen-bond acceptors (Lipinski definition) is 3. The Morgan fingerprint density at radius 1 is 0.920 bits per heavy atom. The summed E-state index contributed by atoms with van der Waals surface area (Å²) in [6.07, 6.45) is 0.337. The number of carbonyl (C=O) groups is 3. The molecule has 0 aliphatic carbocycles. The molecule has 2 aliphatic rings. The maximum Gasteiger partial charge on any atom is 0.261 e. The van der Waals surface area contributed by atoms with Gasteiger partial charge in [-0.1, -0.05) is 28.1 Å². The maximum absolute atomic E-state index is 12.5. The van der Waals surface area contributed by atoms with Crippen LogP contribution in [0.15, 0.2) is 53.0 Å². The number of nitrogens with zero attached hydrogens (tertiary/aromatic N) is 2. The molecule has 6 heteroatoms. The first-order valence-corrected chi connectivity index (χ1v) is 8.85. The van der Waals surface area contributed by atoms with Crippen molar-refractivity contribution >= 4 is 39.3 Å².